The van der Waals surface area contributed by atoms with E-state index in [1.165, 1.54) is 54.9 Å². The van der Waals surface area contributed by atoms with Crippen molar-refractivity contribution in [2.75, 3.05) is 46.9 Å². The van der Waals surface area contributed by atoms with Gasteiger partial charge in [0.25, 0.3) is 0 Å². The standard InChI is InChI=1S/C23H31N3O7S2/c1-25(34(28,29)21-10-6-19(32-2)7-11-21)18-23(27)24-14-17-33-20-8-12-22(13-9-20)35(30,31)26-15-4-3-5-16-26/h6-13H,3-5,14-18H2,1-2H3,(H,24,27). The Morgan fingerprint density at radius 1 is 0.914 bits per heavy atom. The van der Waals surface area contributed by atoms with Crippen molar-refractivity contribution in [3.8, 4) is 11.5 Å². The molecule has 1 amide bonds. The molecule has 192 valence electrons. The van der Waals surface area contributed by atoms with Gasteiger partial charge in [-0.1, -0.05) is 6.42 Å². The molecule has 0 aliphatic carbocycles. The second-order valence-electron chi connectivity index (χ2n) is 8.07. The van der Waals surface area contributed by atoms with Crippen molar-refractivity contribution in [2.24, 2.45) is 0 Å². The van der Waals surface area contributed by atoms with Gasteiger partial charge in [-0.15, -0.1) is 0 Å². The van der Waals surface area contributed by atoms with Crippen LogP contribution >= 0.6 is 0 Å². The van der Waals surface area contributed by atoms with Crippen molar-refractivity contribution >= 4 is 26.0 Å². The summed E-state index contributed by atoms with van der Waals surface area (Å²) >= 11 is 0. The molecular weight excluding hydrogens is 494 g/mol. The lowest BCUT2D eigenvalue weighted by molar-refractivity contribution is -0.121. The van der Waals surface area contributed by atoms with Crippen LogP contribution in [-0.2, 0) is 24.8 Å². The number of likely N-dealkylation sites (N-methyl/N-ethyl adjacent to an activating group) is 1. The molecule has 0 bridgehead atoms. The molecule has 1 aliphatic rings. The fraction of sp³-hybridized carbons (Fsp3) is 0.435. The number of hydrogen-bond acceptors (Lipinski definition) is 7. The number of carbonyl (C=O) groups excluding carboxylic acids is 1. The molecule has 2 aromatic carbocycles. The third-order valence-electron chi connectivity index (χ3n) is 5.60. The third-order valence-corrected chi connectivity index (χ3v) is 9.33. The zero-order chi connectivity index (χ0) is 25.5. The van der Waals surface area contributed by atoms with Gasteiger partial charge in [-0.25, -0.2) is 16.8 Å². The Hall–Kier alpha value is -2.67. The van der Waals surface area contributed by atoms with Gasteiger partial charge in [-0.2, -0.15) is 8.61 Å². The average molecular weight is 526 g/mol. The van der Waals surface area contributed by atoms with Gasteiger partial charge in [-0.05, 0) is 61.4 Å². The number of methoxy groups -OCH3 is 1. The highest BCUT2D eigenvalue weighted by molar-refractivity contribution is 7.89. The molecule has 1 heterocycles. The molecule has 0 radical (unpaired) electrons. The van der Waals surface area contributed by atoms with E-state index < -0.39 is 26.0 Å². The number of sulfonamides is 2. The molecule has 2 aromatic rings. The Bertz CT molecular complexity index is 1190. The molecule has 1 aliphatic heterocycles. The van der Waals surface area contributed by atoms with Crippen LogP contribution < -0.4 is 14.8 Å². The highest BCUT2D eigenvalue weighted by atomic mass is 32.2. The maximum atomic E-state index is 12.7. The average Bonchev–Trinajstić information content (AvgIpc) is 2.87. The van der Waals surface area contributed by atoms with Crippen LogP contribution in [-0.4, -0.2) is 78.3 Å². The number of carbonyl (C=O) groups is 1. The Labute approximate surface area is 206 Å². The lowest BCUT2D eigenvalue weighted by atomic mass is 10.2. The predicted octanol–water partition coefficient (Wildman–Crippen LogP) is 1.69. The van der Waals surface area contributed by atoms with Gasteiger partial charge in [0.2, 0.25) is 26.0 Å². The second-order valence-corrected chi connectivity index (χ2v) is 12.1. The number of hydrogen-bond donors (Lipinski definition) is 1. The van der Waals surface area contributed by atoms with Crippen LogP contribution in [0.3, 0.4) is 0 Å². The summed E-state index contributed by atoms with van der Waals surface area (Å²) in [7, 11) is -4.51. The molecule has 0 saturated carbocycles. The van der Waals surface area contributed by atoms with E-state index in [1.807, 2.05) is 0 Å². The molecule has 10 nitrogen and oxygen atoms in total. The van der Waals surface area contributed by atoms with E-state index in [-0.39, 0.29) is 29.5 Å². The number of nitrogens with one attached hydrogen (secondary N) is 1. The lowest BCUT2D eigenvalue weighted by Gasteiger charge is -2.25. The van der Waals surface area contributed by atoms with Crippen LogP contribution in [0.25, 0.3) is 0 Å². The Morgan fingerprint density at radius 2 is 1.49 bits per heavy atom. The first-order valence-electron chi connectivity index (χ1n) is 11.2. The van der Waals surface area contributed by atoms with Crippen molar-refractivity contribution < 1.29 is 31.1 Å². The number of piperidine rings is 1. The van der Waals surface area contributed by atoms with E-state index in [0.717, 1.165) is 23.6 Å². The molecule has 0 atom stereocenters. The number of ether oxygens (including phenoxy) is 2. The summed E-state index contributed by atoms with van der Waals surface area (Å²) in [6.07, 6.45) is 2.79. The summed E-state index contributed by atoms with van der Waals surface area (Å²) in [5.74, 6) is 0.523. The predicted molar refractivity (Wildman–Crippen MR) is 130 cm³/mol. The lowest BCUT2D eigenvalue weighted by Crippen LogP contribution is -2.39. The minimum atomic E-state index is -3.82. The first-order chi connectivity index (χ1) is 16.6. The smallest absolute Gasteiger partial charge is 0.243 e. The normalized spacial score (nSPS) is 15.1. The highest BCUT2D eigenvalue weighted by Gasteiger charge is 2.26. The zero-order valence-corrected chi connectivity index (χ0v) is 21.5. The molecule has 1 N–H and O–H groups in total. The number of rotatable bonds is 11. The fourth-order valence-electron chi connectivity index (χ4n) is 3.59. The van der Waals surface area contributed by atoms with Gasteiger partial charge in [0.1, 0.15) is 18.1 Å². The maximum Gasteiger partial charge on any atom is 0.243 e. The van der Waals surface area contributed by atoms with Crippen LogP contribution in [0.5, 0.6) is 11.5 Å². The molecule has 1 fully saturated rings. The second kappa shape index (κ2) is 11.8. The van der Waals surface area contributed by atoms with Crippen LogP contribution in [0.1, 0.15) is 19.3 Å². The molecule has 0 aromatic heterocycles. The van der Waals surface area contributed by atoms with Gasteiger partial charge in [-0.3, -0.25) is 4.79 Å². The Kier molecular flexibility index (Phi) is 9.11. The minimum Gasteiger partial charge on any atom is -0.497 e. The van der Waals surface area contributed by atoms with E-state index in [0.29, 0.717) is 24.6 Å². The van der Waals surface area contributed by atoms with Crippen molar-refractivity contribution in [3.63, 3.8) is 0 Å². The maximum absolute atomic E-state index is 12.7. The van der Waals surface area contributed by atoms with E-state index in [9.17, 15) is 21.6 Å². The zero-order valence-electron chi connectivity index (χ0n) is 19.8. The summed E-state index contributed by atoms with van der Waals surface area (Å²) in [6.45, 7) is 1.02. The van der Waals surface area contributed by atoms with Crippen molar-refractivity contribution in [1.29, 1.82) is 0 Å². The van der Waals surface area contributed by atoms with Crippen LogP contribution in [0, 0.1) is 0 Å². The minimum absolute atomic E-state index is 0.0580. The molecule has 12 heteroatoms. The summed E-state index contributed by atoms with van der Waals surface area (Å²) in [4.78, 5) is 12.5. The van der Waals surface area contributed by atoms with Gasteiger partial charge in [0.15, 0.2) is 0 Å². The number of benzene rings is 2. The summed E-state index contributed by atoms with van der Waals surface area (Å²) in [5.41, 5.74) is 0. The van der Waals surface area contributed by atoms with Gasteiger partial charge in [0.05, 0.1) is 30.0 Å². The molecule has 1 saturated heterocycles. The first kappa shape index (κ1) is 26.9. The highest BCUT2D eigenvalue weighted by Crippen LogP contribution is 2.23. The van der Waals surface area contributed by atoms with E-state index >= 15 is 0 Å². The van der Waals surface area contributed by atoms with E-state index in [4.69, 9.17) is 9.47 Å². The van der Waals surface area contributed by atoms with Gasteiger partial charge < -0.3 is 14.8 Å². The van der Waals surface area contributed by atoms with Crippen molar-refractivity contribution in [3.05, 3.63) is 48.5 Å². The van der Waals surface area contributed by atoms with Crippen LogP contribution in [0.4, 0.5) is 0 Å². The van der Waals surface area contributed by atoms with Gasteiger partial charge in [0, 0.05) is 20.1 Å². The number of nitrogens with zero attached hydrogens (tertiary/aromatic N) is 2. The Morgan fingerprint density at radius 3 is 2.09 bits per heavy atom. The van der Waals surface area contributed by atoms with Crippen molar-refractivity contribution in [2.45, 2.75) is 29.1 Å². The quantitative estimate of drug-likeness (QED) is 0.443. The largest absolute Gasteiger partial charge is 0.497 e. The monoisotopic (exact) mass is 525 g/mol. The van der Waals surface area contributed by atoms with Crippen molar-refractivity contribution in [1.82, 2.24) is 13.9 Å². The molecule has 0 unspecified atom stereocenters. The van der Waals surface area contributed by atoms with E-state index in [2.05, 4.69) is 5.32 Å². The topological polar surface area (TPSA) is 122 Å². The van der Waals surface area contributed by atoms with E-state index in [1.54, 1.807) is 12.1 Å². The third kappa shape index (κ3) is 6.94. The Balaban J connectivity index is 1.44. The van der Waals surface area contributed by atoms with Crippen LogP contribution in [0.2, 0.25) is 0 Å². The molecule has 3 rings (SSSR count). The molecule has 35 heavy (non-hydrogen) atoms. The van der Waals surface area contributed by atoms with Gasteiger partial charge >= 0.3 is 0 Å². The number of amides is 1. The molecular formula is C23H31N3O7S2. The summed E-state index contributed by atoms with van der Waals surface area (Å²) in [6, 6.07) is 12.1. The summed E-state index contributed by atoms with van der Waals surface area (Å²) in [5, 5.41) is 2.61. The molecule has 0 spiro atoms. The first-order valence-corrected chi connectivity index (χ1v) is 14.1. The fourth-order valence-corrected chi connectivity index (χ4v) is 6.24. The SMILES string of the molecule is COc1ccc(S(=O)(=O)N(C)CC(=O)NCCOc2ccc(S(=O)(=O)N3CCCCC3)cc2)cc1. The van der Waals surface area contributed by atoms with Crippen LogP contribution in [0.15, 0.2) is 58.3 Å². The summed E-state index contributed by atoms with van der Waals surface area (Å²) < 4.78 is 63.7.